The van der Waals surface area contributed by atoms with Crippen molar-refractivity contribution in [1.82, 2.24) is 4.90 Å². The summed E-state index contributed by atoms with van der Waals surface area (Å²) in [6, 6.07) is 7.56. The van der Waals surface area contributed by atoms with E-state index >= 15 is 0 Å². The third-order valence-corrected chi connectivity index (χ3v) is 5.36. The van der Waals surface area contributed by atoms with Gasteiger partial charge in [-0.25, -0.2) is 4.39 Å². The first-order chi connectivity index (χ1) is 12.1. The second-order valence-corrected chi connectivity index (χ2v) is 6.65. The fourth-order valence-electron chi connectivity index (χ4n) is 4.24. The molecule has 1 aliphatic heterocycles. The maximum absolute atomic E-state index is 12.5. The first kappa shape index (κ1) is 16.2. The lowest BCUT2D eigenvalue weighted by Gasteiger charge is -2.41. The lowest BCUT2D eigenvalue weighted by molar-refractivity contribution is 0.192. The third kappa shape index (κ3) is 2.54. The van der Waals surface area contributed by atoms with Crippen molar-refractivity contribution in [3.8, 4) is 28.4 Å². The SMILES string of the molecule is CCN1CCc2cc(OCCF)cc3c2C1Cc1ccc(O)c(O)c1-3. The number of hydrogen-bond donors (Lipinski definition) is 2. The lowest BCUT2D eigenvalue weighted by Crippen LogP contribution is -2.38. The smallest absolute Gasteiger partial charge is 0.165 e. The molecule has 0 aromatic heterocycles. The molecule has 2 aromatic rings. The molecule has 4 nitrogen and oxygen atoms in total. The van der Waals surface area contributed by atoms with Crippen molar-refractivity contribution in [2.24, 2.45) is 0 Å². The maximum atomic E-state index is 12.5. The second-order valence-electron chi connectivity index (χ2n) is 6.65. The van der Waals surface area contributed by atoms with Crippen LogP contribution in [0.1, 0.15) is 29.7 Å². The van der Waals surface area contributed by atoms with Gasteiger partial charge in [0.05, 0.1) is 0 Å². The molecule has 0 radical (unpaired) electrons. The summed E-state index contributed by atoms with van der Waals surface area (Å²) >= 11 is 0. The molecule has 2 N–H and O–H groups in total. The van der Waals surface area contributed by atoms with Crippen LogP contribution in [0.15, 0.2) is 24.3 Å². The summed E-state index contributed by atoms with van der Waals surface area (Å²) in [7, 11) is 0. The van der Waals surface area contributed by atoms with Crippen LogP contribution >= 0.6 is 0 Å². The first-order valence-electron chi connectivity index (χ1n) is 8.77. The van der Waals surface area contributed by atoms with Crippen LogP contribution in [-0.2, 0) is 12.8 Å². The van der Waals surface area contributed by atoms with Crippen molar-refractivity contribution in [2.45, 2.75) is 25.8 Å². The Balaban J connectivity index is 1.94. The number of nitrogens with zero attached hydrogens (tertiary/aromatic N) is 1. The number of hydrogen-bond acceptors (Lipinski definition) is 4. The number of fused-ring (bicyclic) bond motifs is 2. The molecule has 0 fully saturated rings. The van der Waals surface area contributed by atoms with Crippen LogP contribution in [0.5, 0.6) is 17.2 Å². The molecule has 0 saturated carbocycles. The van der Waals surface area contributed by atoms with E-state index in [1.807, 2.05) is 18.2 Å². The quantitative estimate of drug-likeness (QED) is 0.833. The molecule has 0 spiro atoms. The van der Waals surface area contributed by atoms with Gasteiger partial charge in [0.2, 0.25) is 0 Å². The first-order valence-corrected chi connectivity index (χ1v) is 8.77. The van der Waals surface area contributed by atoms with E-state index < -0.39 is 6.67 Å². The van der Waals surface area contributed by atoms with Gasteiger partial charge in [-0.1, -0.05) is 13.0 Å². The number of phenolic OH excluding ortho intramolecular Hbond substituents is 2. The summed E-state index contributed by atoms with van der Waals surface area (Å²) in [5, 5.41) is 20.5. The largest absolute Gasteiger partial charge is 0.504 e. The van der Waals surface area contributed by atoms with E-state index in [1.54, 1.807) is 6.07 Å². The summed E-state index contributed by atoms with van der Waals surface area (Å²) in [6.45, 7) is 3.57. The van der Waals surface area contributed by atoms with Crippen molar-refractivity contribution < 1.29 is 19.3 Å². The van der Waals surface area contributed by atoms with Crippen LogP contribution < -0.4 is 4.74 Å². The zero-order valence-electron chi connectivity index (χ0n) is 14.3. The van der Waals surface area contributed by atoms with Gasteiger partial charge in [-0.3, -0.25) is 4.90 Å². The number of rotatable bonds is 4. The molecule has 1 heterocycles. The molecule has 1 unspecified atom stereocenters. The number of benzene rings is 2. The molecule has 0 amide bonds. The number of halogens is 1. The highest BCUT2D eigenvalue weighted by atomic mass is 19.1. The summed E-state index contributed by atoms with van der Waals surface area (Å²) in [6.07, 6.45) is 1.70. The minimum Gasteiger partial charge on any atom is -0.504 e. The van der Waals surface area contributed by atoms with Gasteiger partial charge in [-0.15, -0.1) is 0 Å². The van der Waals surface area contributed by atoms with Crippen LogP contribution in [-0.4, -0.2) is 41.5 Å². The standard InChI is InChI=1S/C20H22FNO3/c1-2-22-7-5-13-9-14(25-8-6-21)11-15-18(13)16(22)10-12-3-4-17(23)20(24)19(12)15/h3-4,9,11,16,23-24H,2,5-8,10H2,1H3. The van der Waals surface area contributed by atoms with Crippen molar-refractivity contribution >= 4 is 0 Å². The van der Waals surface area contributed by atoms with Crippen LogP contribution in [0.25, 0.3) is 11.1 Å². The molecule has 4 rings (SSSR count). The summed E-state index contributed by atoms with van der Waals surface area (Å²) in [5.41, 5.74) is 4.98. The Morgan fingerprint density at radius 3 is 2.84 bits per heavy atom. The Bertz CT molecular complexity index is 821. The van der Waals surface area contributed by atoms with Gasteiger partial charge >= 0.3 is 0 Å². The van der Waals surface area contributed by atoms with Crippen LogP contribution in [0, 0.1) is 0 Å². The van der Waals surface area contributed by atoms with E-state index in [0.29, 0.717) is 11.3 Å². The van der Waals surface area contributed by atoms with Crippen molar-refractivity contribution in [3.05, 3.63) is 41.0 Å². The maximum Gasteiger partial charge on any atom is 0.165 e. The normalized spacial score (nSPS) is 18.6. The van der Waals surface area contributed by atoms with E-state index in [9.17, 15) is 14.6 Å². The number of ether oxygens (including phenoxy) is 1. The Hall–Kier alpha value is -2.27. The highest BCUT2D eigenvalue weighted by Crippen LogP contribution is 2.51. The van der Waals surface area contributed by atoms with E-state index in [0.717, 1.165) is 37.1 Å². The highest BCUT2D eigenvalue weighted by Gasteiger charge is 2.35. The van der Waals surface area contributed by atoms with Gasteiger partial charge in [0.15, 0.2) is 11.5 Å². The predicted octanol–water partition coefficient (Wildman–Crippen LogP) is 3.59. The van der Waals surface area contributed by atoms with Gasteiger partial charge < -0.3 is 14.9 Å². The van der Waals surface area contributed by atoms with Gasteiger partial charge in [0.1, 0.15) is 19.0 Å². The van der Waals surface area contributed by atoms with Crippen molar-refractivity contribution in [1.29, 1.82) is 0 Å². The third-order valence-electron chi connectivity index (χ3n) is 5.36. The number of phenols is 2. The molecule has 2 aromatic carbocycles. The molecule has 0 bridgehead atoms. The lowest BCUT2D eigenvalue weighted by atomic mass is 9.76. The van der Waals surface area contributed by atoms with Crippen LogP contribution in [0.2, 0.25) is 0 Å². The predicted molar refractivity (Wildman–Crippen MR) is 94.1 cm³/mol. The highest BCUT2D eigenvalue weighted by molar-refractivity contribution is 5.83. The Morgan fingerprint density at radius 1 is 1.24 bits per heavy atom. The van der Waals surface area contributed by atoms with Gasteiger partial charge in [-0.05, 0) is 59.8 Å². The van der Waals surface area contributed by atoms with Crippen molar-refractivity contribution in [3.63, 3.8) is 0 Å². The summed E-state index contributed by atoms with van der Waals surface area (Å²) < 4.78 is 18.1. The van der Waals surface area contributed by atoms with Gasteiger partial charge in [0, 0.05) is 18.2 Å². The second kappa shape index (κ2) is 6.23. The average Bonchev–Trinajstić information content (AvgIpc) is 2.63. The van der Waals surface area contributed by atoms with Crippen LogP contribution in [0.3, 0.4) is 0 Å². The average molecular weight is 343 g/mol. The van der Waals surface area contributed by atoms with Gasteiger partial charge in [-0.2, -0.15) is 0 Å². The van der Waals surface area contributed by atoms with Crippen molar-refractivity contribution in [2.75, 3.05) is 26.4 Å². The fourth-order valence-corrected chi connectivity index (χ4v) is 4.24. The molecule has 2 aliphatic rings. The number of likely N-dealkylation sites (N-methyl/N-ethyl adjacent to an activating group) is 1. The minimum absolute atomic E-state index is 0.0155. The van der Waals surface area contributed by atoms with Gasteiger partial charge in [0.25, 0.3) is 0 Å². The van der Waals surface area contributed by atoms with Crippen LogP contribution in [0.4, 0.5) is 4.39 Å². The Kier molecular flexibility index (Phi) is 4.04. The molecule has 5 heteroatoms. The molecule has 132 valence electrons. The molecule has 1 atom stereocenters. The number of alkyl halides is 1. The van der Waals surface area contributed by atoms with E-state index in [4.69, 9.17) is 4.74 Å². The Morgan fingerprint density at radius 2 is 2.08 bits per heavy atom. The molecular weight excluding hydrogens is 321 g/mol. The zero-order chi connectivity index (χ0) is 17.6. The van der Waals surface area contributed by atoms with E-state index in [-0.39, 0.29) is 24.1 Å². The summed E-state index contributed by atoms with van der Waals surface area (Å²) in [4.78, 5) is 2.45. The monoisotopic (exact) mass is 343 g/mol. The van der Waals surface area contributed by atoms with E-state index in [1.165, 1.54) is 11.1 Å². The zero-order valence-corrected chi connectivity index (χ0v) is 14.3. The Labute approximate surface area is 146 Å². The molecule has 1 aliphatic carbocycles. The number of aromatic hydroxyl groups is 2. The minimum atomic E-state index is -0.540. The fraction of sp³-hybridized carbons (Fsp3) is 0.400. The molecule has 0 saturated heterocycles. The summed E-state index contributed by atoms with van der Waals surface area (Å²) in [5.74, 6) is 0.407. The molecule has 25 heavy (non-hydrogen) atoms. The van der Waals surface area contributed by atoms with E-state index in [2.05, 4.69) is 11.8 Å². The topological polar surface area (TPSA) is 52.9 Å². The molecular formula is C20H22FNO3.